The number of hydrogen-bond acceptors (Lipinski definition) is 6. The number of benzene rings is 1. The van der Waals surface area contributed by atoms with Gasteiger partial charge >= 0.3 is 0 Å². The van der Waals surface area contributed by atoms with Gasteiger partial charge in [0.25, 0.3) is 0 Å². The first-order valence-corrected chi connectivity index (χ1v) is 9.62. The number of nitrogens with zero attached hydrogens (tertiary/aromatic N) is 3. The number of fused-ring (bicyclic) bond motifs is 1. The van der Waals surface area contributed by atoms with Gasteiger partial charge in [0, 0.05) is 18.9 Å². The lowest BCUT2D eigenvalue weighted by atomic mass is 9.87. The molecule has 1 aliphatic heterocycles. The quantitative estimate of drug-likeness (QED) is 0.728. The lowest BCUT2D eigenvalue weighted by Gasteiger charge is -2.33. The lowest BCUT2D eigenvalue weighted by Crippen LogP contribution is -2.47. The molecule has 0 radical (unpaired) electrons. The molecule has 0 saturated carbocycles. The molecule has 1 amide bonds. The molecule has 0 aliphatic carbocycles. The largest absolute Gasteiger partial charge is 0.379 e. The van der Waals surface area contributed by atoms with Crippen LogP contribution in [0.15, 0.2) is 53.0 Å². The predicted octanol–water partition coefficient (Wildman–Crippen LogP) is 3.30. The number of anilines is 1. The summed E-state index contributed by atoms with van der Waals surface area (Å²) >= 11 is 1.70. The van der Waals surface area contributed by atoms with Crippen LogP contribution in [0.3, 0.4) is 0 Å². The molecule has 0 saturated heterocycles. The Kier molecular flexibility index (Phi) is 4.31. The number of carbonyl (C=O) groups excluding carboxylic acids is 1. The molecule has 0 bridgehead atoms. The maximum Gasteiger partial charge on any atom is 0.231 e. The third-order valence-electron chi connectivity index (χ3n) is 4.96. The van der Waals surface area contributed by atoms with Crippen LogP contribution in [0.4, 0.5) is 5.69 Å². The smallest absolute Gasteiger partial charge is 0.231 e. The van der Waals surface area contributed by atoms with Crippen molar-refractivity contribution in [3.05, 3.63) is 59.2 Å². The van der Waals surface area contributed by atoms with Crippen molar-refractivity contribution in [1.82, 2.24) is 9.88 Å². The number of pyridine rings is 1. The van der Waals surface area contributed by atoms with E-state index in [1.807, 2.05) is 43.5 Å². The van der Waals surface area contributed by atoms with Gasteiger partial charge in [0.2, 0.25) is 5.91 Å². The fraction of sp³-hybridized carbons (Fsp3) is 0.250. The van der Waals surface area contributed by atoms with Gasteiger partial charge in [0.05, 0.1) is 28.9 Å². The first kappa shape index (κ1) is 17.5. The van der Waals surface area contributed by atoms with Gasteiger partial charge in [0.1, 0.15) is 0 Å². The average molecular weight is 379 g/mol. The summed E-state index contributed by atoms with van der Waals surface area (Å²) in [4.78, 5) is 22.7. The summed E-state index contributed by atoms with van der Waals surface area (Å²) in [5.74, 6) is 0.220. The van der Waals surface area contributed by atoms with Crippen molar-refractivity contribution in [3.63, 3.8) is 0 Å². The van der Waals surface area contributed by atoms with E-state index < -0.39 is 5.54 Å². The number of amides is 1. The Morgan fingerprint density at radius 2 is 2.19 bits per heavy atom. The van der Waals surface area contributed by atoms with Gasteiger partial charge in [-0.1, -0.05) is 12.1 Å². The zero-order valence-corrected chi connectivity index (χ0v) is 16.1. The highest BCUT2D eigenvalue weighted by molar-refractivity contribution is 7.17. The first-order valence-electron chi connectivity index (χ1n) is 8.74. The van der Waals surface area contributed by atoms with Gasteiger partial charge < -0.3 is 11.1 Å². The highest BCUT2D eigenvalue weighted by Gasteiger charge is 2.36. The first-order chi connectivity index (χ1) is 13.0. The molecule has 4 rings (SSSR count). The zero-order valence-electron chi connectivity index (χ0n) is 15.3. The summed E-state index contributed by atoms with van der Waals surface area (Å²) in [6.45, 7) is 2.57. The van der Waals surface area contributed by atoms with Crippen molar-refractivity contribution in [1.29, 1.82) is 0 Å². The minimum Gasteiger partial charge on any atom is -0.379 e. The maximum atomic E-state index is 12.2. The van der Waals surface area contributed by atoms with E-state index in [0.717, 1.165) is 16.9 Å². The average Bonchev–Trinajstić information content (AvgIpc) is 3.14. The SMILES string of the molecule is CN1C(=O)C[C@@](C)(c2cccc(NCc3nccc4ccsc34)c2)N=C1N. The van der Waals surface area contributed by atoms with E-state index >= 15 is 0 Å². The lowest BCUT2D eigenvalue weighted by molar-refractivity contribution is -0.128. The molecule has 27 heavy (non-hydrogen) atoms. The Hall–Kier alpha value is -2.93. The minimum atomic E-state index is -0.655. The van der Waals surface area contributed by atoms with Gasteiger partial charge in [-0.25, -0.2) is 4.99 Å². The van der Waals surface area contributed by atoms with E-state index in [9.17, 15) is 4.79 Å². The number of guanidine groups is 1. The van der Waals surface area contributed by atoms with Crippen LogP contribution >= 0.6 is 11.3 Å². The summed E-state index contributed by atoms with van der Waals surface area (Å²) in [5.41, 5.74) is 8.22. The van der Waals surface area contributed by atoms with Crippen molar-refractivity contribution >= 4 is 39.0 Å². The van der Waals surface area contributed by atoms with E-state index in [-0.39, 0.29) is 11.9 Å². The standard InChI is InChI=1S/C20H21N5OS/c1-20(11-17(26)25(2)19(21)24-20)14-4-3-5-15(10-14)23-12-16-18-13(6-8-22-16)7-9-27-18/h3-10,23H,11-12H2,1-2H3,(H2,21,24)/t20-/m0/s1. The third-order valence-corrected chi connectivity index (χ3v) is 5.94. The molecule has 0 fully saturated rings. The van der Waals surface area contributed by atoms with Gasteiger partial charge in [-0.15, -0.1) is 11.3 Å². The Bertz CT molecular complexity index is 1040. The molecule has 138 valence electrons. The monoisotopic (exact) mass is 379 g/mol. The molecular weight excluding hydrogens is 358 g/mol. The second-order valence-electron chi connectivity index (χ2n) is 6.90. The van der Waals surface area contributed by atoms with Gasteiger partial charge in [-0.3, -0.25) is 14.7 Å². The van der Waals surface area contributed by atoms with Crippen LogP contribution < -0.4 is 11.1 Å². The van der Waals surface area contributed by atoms with Crippen molar-refractivity contribution in [2.24, 2.45) is 10.7 Å². The Morgan fingerprint density at radius 1 is 1.33 bits per heavy atom. The number of nitrogens with two attached hydrogens (primary N) is 1. The molecule has 3 N–H and O–H groups in total. The van der Waals surface area contributed by atoms with E-state index in [1.165, 1.54) is 15.0 Å². The number of hydrogen-bond donors (Lipinski definition) is 2. The third kappa shape index (κ3) is 3.26. The molecule has 0 spiro atoms. The van der Waals surface area contributed by atoms with Crippen molar-refractivity contribution in [2.75, 3.05) is 12.4 Å². The van der Waals surface area contributed by atoms with E-state index in [4.69, 9.17) is 5.73 Å². The number of rotatable bonds is 4. The number of nitrogens with one attached hydrogen (secondary N) is 1. The second kappa shape index (κ2) is 6.66. The summed E-state index contributed by atoms with van der Waals surface area (Å²) in [6.07, 6.45) is 2.13. The molecule has 1 atom stereocenters. The zero-order chi connectivity index (χ0) is 19.0. The molecule has 0 unspecified atom stereocenters. The summed E-state index contributed by atoms with van der Waals surface area (Å²) in [5, 5.41) is 6.73. The fourth-order valence-corrected chi connectivity index (χ4v) is 4.19. The highest BCUT2D eigenvalue weighted by atomic mass is 32.1. The van der Waals surface area contributed by atoms with Crippen molar-refractivity contribution in [2.45, 2.75) is 25.4 Å². The van der Waals surface area contributed by atoms with Crippen LogP contribution in [0.2, 0.25) is 0 Å². The summed E-state index contributed by atoms with van der Waals surface area (Å²) < 4.78 is 1.20. The van der Waals surface area contributed by atoms with Crippen LogP contribution in [0.25, 0.3) is 10.1 Å². The highest BCUT2D eigenvalue weighted by Crippen LogP contribution is 2.34. The molecule has 6 nitrogen and oxygen atoms in total. The number of thiophene rings is 1. The minimum absolute atomic E-state index is 0.0306. The topological polar surface area (TPSA) is 83.6 Å². The molecule has 2 aromatic heterocycles. The molecule has 1 aliphatic rings. The van der Waals surface area contributed by atoms with E-state index in [1.54, 1.807) is 18.4 Å². The molecule has 7 heteroatoms. The van der Waals surface area contributed by atoms with Gasteiger partial charge in [-0.05, 0) is 47.5 Å². The molecule has 3 aromatic rings. The van der Waals surface area contributed by atoms with Gasteiger partial charge in [-0.2, -0.15) is 0 Å². The van der Waals surface area contributed by atoms with Crippen LogP contribution in [0.5, 0.6) is 0 Å². The summed E-state index contributed by atoms with van der Waals surface area (Å²) in [6, 6.07) is 12.1. The van der Waals surface area contributed by atoms with Crippen LogP contribution in [0, 0.1) is 0 Å². The van der Waals surface area contributed by atoms with Crippen LogP contribution in [-0.2, 0) is 16.9 Å². The van der Waals surface area contributed by atoms with Crippen LogP contribution in [-0.4, -0.2) is 28.8 Å². The van der Waals surface area contributed by atoms with E-state index in [0.29, 0.717) is 13.0 Å². The Balaban J connectivity index is 1.58. The molecule has 1 aromatic carbocycles. The normalized spacial score (nSPS) is 20.0. The van der Waals surface area contributed by atoms with Crippen molar-refractivity contribution in [3.8, 4) is 0 Å². The Morgan fingerprint density at radius 3 is 3.00 bits per heavy atom. The second-order valence-corrected chi connectivity index (χ2v) is 7.82. The predicted molar refractivity (Wildman–Crippen MR) is 110 cm³/mol. The van der Waals surface area contributed by atoms with E-state index in [2.05, 4.69) is 26.7 Å². The van der Waals surface area contributed by atoms with Crippen molar-refractivity contribution < 1.29 is 4.79 Å². The number of carbonyl (C=O) groups is 1. The van der Waals surface area contributed by atoms with Gasteiger partial charge in [0.15, 0.2) is 5.96 Å². The number of aliphatic imine (C=N–C) groups is 1. The maximum absolute atomic E-state index is 12.2. The number of aromatic nitrogens is 1. The molecular formula is C20H21N5OS. The summed E-state index contributed by atoms with van der Waals surface area (Å²) in [7, 11) is 1.65. The molecule has 3 heterocycles. The fourth-order valence-electron chi connectivity index (χ4n) is 3.30. The van der Waals surface area contributed by atoms with Crippen LogP contribution in [0.1, 0.15) is 24.6 Å². The Labute approximate surface area is 161 Å².